The third-order valence-electron chi connectivity index (χ3n) is 8.22. The van der Waals surface area contributed by atoms with Crippen LogP contribution in [0.5, 0.6) is 0 Å². The second-order valence-corrected chi connectivity index (χ2v) is 14.4. The lowest BCUT2D eigenvalue weighted by Crippen LogP contribution is -2.60. The van der Waals surface area contributed by atoms with Crippen molar-refractivity contribution in [2.24, 2.45) is 17.4 Å². The van der Waals surface area contributed by atoms with Gasteiger partial charge in [0.15, 0.2) is 0 Å². The van der Waals surface area contributed by atoms with E-state index in [9.17, 15) is 39.2 Å². The van der Waals surface area contributed by atoms with Crippen LogP contribution in [0.25, 0.3) is 0 Å². The average Bonchev–Trinajstić information content (AvgIpc) is 3.60. The number of rotatable bonds is 18. The number of imide groups is 1. The van der Waals surface area contributed by atoms with Crippen LogP contribution in [-0.2, 0) is 43.2 Å². The van der Waals surface area contributed by atoms with Crippen LogP contribution in [0, 0.1) is 16.0 Å². The van der Waals surface area contributed by atoms with Gasteiger partial charge in [-0.05, 0) is 50.7 Å². The van der Waals surface area contributed by atoms with Crippen molar-refractivity contribution in [1.29, 1.82) is 0 Å². The molecule has 2 aromatic carbocycles. The van der Waals surface area contributed by atoms with Crippen molar-refractivity contribution in [2.45, 2.75) is 103 Å². The number of aliphatic hydroxyl groups is 1. The third kappa shape index (κ3) is 13.4. The van der Waals surface area contributed by atoms with E-state index >= 15 is 0 Å². The first-order valence-electron chi connectivity index (χ1n) is 17.5. The Bertz CT molecular complexity index is 1730. The van der Waals surface area contributed by atoms with Crippen molar-refractivity contribution in [3.05, 3.63) is 94.1 Å². The van der Waals surface area contributed by atoms with Gasteiger partial charge in [0, 0.05) is 42.9 Å². The van der Waals surface area contributed by atoms with E-state index < -0.39 is 76.9 Å². The van der Waals surface area contributed by atoms with Crippen LogP contribution in [0.1, 0.15) is 64.3 Å². The maximum absolute atomic E-state index is 14.6. The summed E-state index contributed by atoms with van der Waals surface area (Å²) in [7, 11) is 0. The van der Waals surface area contributed by atoms with Gasteiger partial charge >= 0.3 is 6.09 Å². The molecule has 0 unspecified atom stereocenters. The fourth-order valence-electron chi connectivity index (χ4n) is 5.60. The summed E-state index contributed by atoms with van der Waals surface area (Å²) in [6.07, 6.45) is -0.539. The quantitative estimate of drug-likeness (QED) is 0.0809. The Kier molecular flexibility index (Phi) is 15.4. The summed E-state index contributed by atoms with van der Waals surface area (Å²) in [5.41, 5.74) is 12.6. The number of carbonyl (C=O) groups excluding carboxylic acids is 5. The number of alkyl carbamates (subject to hydrolysis) is 1. The van der Waals surface area contributed by atoms with E-state index in [1.165, 1.54) is 36.8 Å². The van der Waals surface area contributed by atoms with Crippen LogP contribution in [0.4, 0.5) is 10.5 Å². The Morgan fingerprint density at radius 3 is 2.13 bits per heavy atom. The molecule has 0 radical (unpaired) electrons. The fraction of sp³-hybridized carbons (Fsp3) is 0.459. The first-order valence-corrected chi connectivity index (χ1v) is 17.5. The molecule has 5 atom stereocenters. The number of nitrogens with two attached hydrogens (primary N) is 2. The van der Waals surface area contributed by atoms with Crippen molar-refractivity contribution in [1.82, 2.24) is 25.5 Å². The van der Waals surface area contributed by atoms with Gasteiger partial charge < -0.3 is 36.9 Å². The highest BCUT2D eigenvalue weighted by atomic mass is 16.6. The number of hydrogen-bond acceptors (Lipinski definition) is 11. The first kappa shape index (κ1) is 42.7. The number of amides is 5. The highest BCUT2D eigenvalue weighted by molar-refractivity contribution is 6.03. The predicted molar refractivity (Wildman–Crippen MR) is 197 cm³/mol. The van der Waals surface area contributed by atoms with Gasteiger partial charge in [-0.2, -0.15) is 0 Å². The number of nitrogens with zero attached hydrogens (tertiary/aromatic N) is 3. The second kappa shape index (κ2) is 19.4. The summed E-state index contributed by atoms with van der Waals surface area (Å²) in [5.74, 6) is -3.99. The van der Waals surface area contributed by atoms with Crippen molar-refractivity contribution in [3.8, 4) is 0 Å². The molecule has 17 heteroatoms. The van der Waals surface area contributed by atoms with Crippen LogP contribution >= 0.6 is 0 Å². The molecule has 54 heavy (non-hydrogen) atoms. The molecule has 1 aromatic heterocycles. The lowest BCUT2D eigenvalue weighted by molar-refractivity contribution is -0.384. The van der Waals surface area contributed by atoms with Crippen molar-refractivity contribution in [3.63, 3.8) is 0 Å². The molecule has 5 amide bonds. The molecule has 0 aliphatic heterocycles. The van der Waals surface area contributed by atoms with Crippen LogP contribution in [0.2, 0.25) is 0 Å². The van der Waals surface area contributed by atoms with Crippen LogP contribution < -0.4 is 22.1 Å². The van der Waals surface area contributed by atoms with Gasteiger partial charge in [-0.15, -0.1) is 0 Å². The molecule has 0 saturated heterocycles. The standard InChI is InChI=1S/C37H50N8O9/c1-22(2)15-30(33(39)48)44(32(47)19-31(46)27(38)16-24-11-13-26(14-12-24)45(52)53)35(50)29(18-25-20-40-21-41-25)42-34(49)28(17-23-9-7-6-8-10-23)43-36(51)54-37(3,4)5/h6-14,20-22,27-31,46H,15-19,38H2,1-5H3,(H2,39,48)(H,40,41)(H,42,49)(H,43,51)/t27-,28-,29-,30-,31-/m0/s1. The van der Waals surface area contributed by atoms with E-state index in [1.807, 2.05) is 0 Å². The van der Waals surface area contributed by atoms with Crippen molar-refractivity contribution in [2.75, 3.05) is 0 Å². The highest BCUT2D eigenvalue weighted by Gasteiger charge is 2.40. The number of carbonyl (C=O) groups is 5. The van der Waals surface area contributed by atoms with E-state index in [0.717, 1.165) is 0 Å². The van der Waals surface area contributed by atoms with Crippen LogP contribution in [0.3, 0.4) is 0 Å². The zero-order valence-electron chi connectivity index (χ0n) is 31.1. The van der Waals surface area contributed by atoms with E-state index in [-0.39, 0.29) is 37.3 Å². The average molecular weight is 751 g/mol. The first-order chi connectivity index (χ1) is 25.3. The molecule has 17 nitrogen and oxygen atoms in total. The van der Waals surface area contributed by atoms with Gasteiger partial charge in [0.05, 0.1) is 23.8 Å². The van der Waals surface area contributed by atoms with Gasteiger partial charge in [0.2, 0.25) is 17.7 Å². The van der Waals surface area contributed by atoms with Crippen molar-refractivity contribution >= 4 is 35.4 Å². The van der Waals surface area contributed by atoms with Gasteiger partial charge in [0.25, 0.3) is 11.6 Å². The largest absolute Gasteiger partial charge is 0.444 e. The molecule has 0 spiro atoms. The second-order valence-electron chi connectivity index (χ2n) is 14.4. The number of aliphatic hydroxyl groups excluding tert-OH is 1. The summed E-state index contributed by atoms with van der Waals surface area (Å²) in [6, 6.07) is 9.06. The molecular weight excluding hydrogens is 700 g/mol. The van der Waals surface area contributed by atoms with E-state index in [2.05, 4.69) is 20.6 Å². The number of imidazole rings is 1. The van der Waals surface area contributed by atoms with Gasteiger partial charge in [-0.1, -0.05) is 56.3 Å². The Morgan fingerprint density at radius 2 is 1.59 bits per heavy atom. The predicted octanol–water partition coefficient (Wildman–Crippen LogP) is 2.06. The van der Waals surface area contributed by atoms with Gasteiger partial charge in [-0.3, -0.25) is 34.2 Å². The molecule has 1 heterocycles. The summed E-state index contributed by atoms with van der Waals surface area (Å²) in [6.45, 7) is 8.51. The lowest BCUT2D eigenvalue weighted by Gasteiger charge is -2.34. The number of nitro benzene ring substituents is 1. The zero-order chi connectivity index (χ0) is 40.2. The minimum Gasteiger partial charge on any atom is -0.444 e. The number of ether oxygens (including phenoxy) is 1. The summed E-state index contributed by atoms with van der Waals surface area (Å²) in [4.78, 5) is 86.4. The van der Waals surface area contributed by atoms with E-state index in [0.29, 0.717) is 21.7 Å². The summed E-state index contributed by atoms with van der Waals surface area (Å²) < 4.78 is 5.39. The van der Waals surface area contributed by atoms with Crippen LogP contribution in [-0.4, -0.2) is 90.5 Å². The Morgan fingerprint density at radius 1 is 0.963 bits per heavy atom. The summed E-state index contributed by atoms with van der Waals surface area (Å²) in [5, 5.41) is 27.3. The fourth-order valence-corrected chi connectivity index (χ4v) is 5.60. The molecule has 292 valence electrons. The Balaban J connectivity index is 1.96. The highest BCUT2D eigenvalue weighted by Crippen LogP contribution is 2.19. The normalized spacial score (nSPS) is 14.2. The molecule has 3 rings (SSSR count). The number of benzene rings is 2. The minimum atomic E-state index is -1.52. The SMILES string of the molecule is CC(C)C[C@@H](C(N)=O)N(C(=O)C[C@H](O)[C@@H](N)Cc1ccc([N+](=O)[O-])cc1)C(=O)[C@H](Cc1cnc[nH]1)NC(=O)[C@H](Cc1ccccc1)NC(=O)OC(C)(C)C. The van der Waals surface area contributed by atoms with Gasteiger partial charge in [0.1, 0.15) is 23.7 Å². The Labute approximate surface area is 313 Å². The minimum absolute atomic E-state index is 0.00955. The number of aromatic amines is 1. The maximum atomic E-state index is 14.6. The number of primary amides is 1. The maximum Gasteiger partial charge on any atom is 0.408 e. The number of nitrogens with one attached hydrogen (secondary N) is 3. The molecule has 3 aromatic rings. The molecular formula is C37H50N8O9. The zero-order valence-corrected chi connectivity index (χ0v) is 31.1. The smallest absolute Gasteiger partial charge is 0.408 e. The molecule has 0 bridgehead atoms. The van der Waals surface area contributed by atoms with Crippen molar-refractivity contribution < 1.29 is 38.7 Å². The van der Waals surface area contributed by atoms with Crippen LogP contribution in [0.15, 0.2) is 67.1 Å². The number of H-pyrrole nitrogens is 1. The number of aromatic nitrogens is 2. The number of nitro groups is 1. The molecule has 0 aliphatic carbocycles. The molecule has 0 fully saturated rings. The monoisotopic (exact) mass is 750 g/mol. The molecule has 0 saturated carbocycles. The van der Waals surface area contributed by atoms with Gasteiger partial charge in [-0.25, -0.2) is 9.78 Å². The summed E-state index contributed by atoms with van der Waals surface area (Å²) >= 11 is 0. The number of non-ortho nitro benzene ring substituents is 1. The Hall–Kier alpha value is -5.68. The molecule has 8 N–H and O–H groups in total. The lowest BCUT2D eigenvalue weighted by atomic mass is 9.96. The third-order valence-corrected chi connectivity index (χ3v) is 8.22. The van der Waals surface area contributed by atoms with E-state index in [4.69, 9.17) is 16.2 Å². The number of hydrogen-bond donors (Lipinski definition) is 6. The molecule has 0 aliphatic rings. The van der Waals surface area contributed by atoms with E-state index in [1.54, 1.807) is 65.0 Å². The topological polar surface area (TPSA) is 266 Å².